The Labute approximate surface area is 116 Å². The number of fused-ring (bicyclic) bond motifs is 1. The van der Waals surface area contributed by atoms with Crippen molar-refractivity contribution in [2.24, 2.45) is 0 Å². The van der Waals surface area contributed by atoms with E-state index in [9.17, 15) is 4.79 Å². The van der Waals surface area contributed by atoms with Gasteiger partial charge < -0.3 is 10.1 Å². The van der Waals surface area contributed by atoms with E-state index in [1.807, 2.05) is 19.1 Å². The number of alkyl carbamates (subject to hydrolysis) is 1. The lowest BCUT2D eigenvalue weighted by Gasteiger charge is -2.20. The summed E-state index contributed by atoms with van der Waals surface area (Å²) in [5.41, 5.74) is -0.270. The van der Waals surface area contributed by atoms with E-state index in [1.54, 1.807) is 11.8 Å². The van der Waals surface area contributed by atoms with E-state index in [1.165, 1.54) is 15.7 Å². The number of amides is 1. The molecular formula is C15H15NO2S. The minimum atomic E-state index is -0.318. The molecule has 98 valence electrons. The molecule has 1 amide bonds. The van der Waals surface area contributed by atoms with Gasteiger partial charge in [-0.1, -0.05) is 30.3 Å². The van der Waals surface area contributed by atoms with Gasteiger partial charge in [-0.2, -0.15) is 0 Å². The van der Waals surface area contributed by atoms with Crippen molar-refractivity contribution in [3.05, 3.63) is 42.5 Å². The Balaban J connectivity index is 1.73. The third kappa shape index (κ3) is 2.68. The summed E-state index contributed by atoms with van der Waals surface area (Å²) in [6, 6.07) is 14.7. The van der Waals surface area contributed by atoms with Crippen molar-refractivity contribution < 1.29 is 9.53 Å². The third-order valence-corrected chi connectivity index (χ3v) is 4.57. The molecule has 1 aliphatic rings. The van der Waals surface area contributed by atoms with E-state index < -0.39 is 0 Å². The van der Waals surface area contributed by atoms with Crippen molar-refractivity contribution >= 4 is 28.6 Å². The summed E-state index contributed by atoms with van der Waals surface area (Å²) in [5, 5.41) is 5.34. The highest BCUT2D eigenvalue weighted by Crippen LogP contribution is 2.27. The molecule has 2 aromatic carbocycles. The normalized spacial score (nSPS) is 22.3. The van der Waals surface area contributed by atoms with E-state index in [0.717, 1.165) is 5.75 Å². The van der Waals surface area contributed by atoms with Crippen LogP contribution < -0.4 is 5.32 Å². The van der Waals surface area contributed by atoms with Gasteiger partial charge in [-0.25, -0.2) is 4.79 Å². The zero-order chi connectivity index (χ0) is 13.3. The number of nitrogens with one attached hydrogen (secondary N) is 1. The maximum absolute atomic E-state index is 11.1. The Kier molecular flexibility index (Phi) is 3.11. The number of hydrogen-bond donors (Lipinski definition) is 1. The molecule has 1 N–H and O–H groups in total. The van der Waals surface area contributed by atoms with Gasteiger partial charge in [0.05, 0.1) is 5.54 Å². The Morgan fingerprint density at radius 1 is 1.26 bits per heavy atom. The number of cyclic esters (lactones) is 1. The van der Waals surface area contributed by atoms with Crippen LogP contribution >= 0.6 is 11.8 Å². The smallest absolute Gasteiger partial charge is 0.407 e. The van der Waals surface area contributed by atoms with Crippen molar-refractivity contribution in [2.45, 2.75) is 17.4 Å². The first-order chi connectivity index (χ1) is 9.15. The minimum Gasteiger partial charge on any atom is -0.447 e. The molecule has 1 heterocycles. The molecule has 1 atom stereocenters. The summed E-state index contributed by atoms with van der Waals surface area (Å²) in [5.74, 6) is 0.803. The molecule has 0 radical (unpaired) electrons. The quantitative estimate of drug-likeness (QED) is 0.871. The molecule has 2 aromatic rings. The highest BCUT2D eigenvalue weighted by atomic mass is 32.2. The molecule has 0 aliphatic carbocycles. The maximum atomic E-state index is 11.1. The molecule has 1 fully saturated rings. The predicted octanol–water partition coefficient (Wildman–Crippen LogP) is 3.43. The van der Waals surface area contributed by atoms with Crippen LogP contribution in [0.2, 0.25) is 0 Å². The first kappa shape index (κ1) is 12.4. The summed E-state index contributed by atoms with van der Waals surface area (Å²) >= 11 is 1.74. The van der Waals surface area contributed by atoms with Gasteiger partial charge in [0, 0.05) is 10.6 Å². The SMILES string of the molecule is C[C@]1(CSc2ccc3ccccc3c2)COC(=O)N1. The van der Waals surface area contributed by atoms with E-state index >= 15 is 0 Å². The molecular weight excluding hydrogens is 258 g/mol. The monoisotopic (exact) mass is 273 g/mol. The van der Waals surface area contributed by atoms with Crippen LogP contribution in [0, 0.1) is 0 Å². The van der Waals surface area contributed by atoms with Gasteiger partial charge in [0.1, 0.15) is 6.61 Å². The first-order valence-electron chi connectivity index (χ1n) is 6.21. The zero-order valence-electron chi connectivity index (χ0n) is 10.7. The number of rotatable bonds is 3. The predicted molar refractivity (Wildman–Crippen MR) is 77.6 cm³/mol. The average molecular weight is 273 g/mol. The second-order valence-electron chi connectivity index (χ2n) is 5.06. The van der Waals surface area contributed by atoms with Crippen molar-refractivity contribution in [2.75, 3.05) is 12.4 Å². The van der Waals surface area contributed by atoms with Crippen LogP contribution in [0.5, 0.6) is 0 Å². The molecule has 1 saturated heterocycles. The number of benzene rings is 2. The lowest BCUT2D eigenvalue weighted by atomic mass is 10.1. The Morgan fingerprint density at radius 2 is 2.05 bits per heavy atom. The molecule has 0 aromatic heterocycles. The van der Waals surface area contributed by atoms with Crippen LogP contribution in [-0.4, -0.2) is 24.0 Å². The Morgan fingerprint density at radius 3 is 2.79 bits per heavy atom. The van der Waals surface area contributed by atoms with Crippen molar-refractivity contribution in [1.82, 2.24) is 5.32 Å². The van der Waals surface area contributed by atoms with E-state index in [4.69, 9.17) is 4.74 Å². The maximum Gasteiger partial charge on any atom is 0.407 e. The number of carbonyl (C=O) groups excluding carboxylic acids is 1. The average Bonchev–Trinajstić information content (AvgIpc) is 2.77. The summed E-state index contributed by atoms with van der Waals surface area (Å²) in [6.07, 6.45) is -0.318. The molecule has 0 spiro atoms. The fourth-order valence-corrected chi connectivity index (χ4v) is 3.14. The van der Waals surface area contributed by atoms with Crippen LogP contribution in [0.3, 0.4) is 0 Å². The van der Waals surface area contributed by atoms with Gasteiger partial charge >= 0.3 is 6.09 Å². The minimum absolute atomic E-state index is 0.270. The topological polar surface area (TPSA) is 38.3 Å². The van der Waals surface area contributed by atoms with Gasteiger partial charge in [-0.3, -0.25) is 0 Å². The second-order valence-corrected chi connectivity index (χ2v) is 6.11. The van der Waals surface area contributed by atoms with Gasteiger partial charge in [-0.15, -0.1) is 11.8 Å². The number of carbonyl (C=O) groups is 1. The zero-order valence-corrected chi connectivity index (χ0v) is 11.5. The van der Waals surface area contributed by atoms with Gasteiger partial charge in [0.15, 0.2) is 0 Å². The van der Waals surface area contributed by atoms with E-state index in [2.05, 4.69) is 35.6 Å². The highest BCUT2D eigenvalue weighted by molar-refractivity contribution is 7.99. The summed E-state index contributed by atoms with van der Waals surface area (Å²) in [7, 11) is 0. The molecule has 19 heavy (non-hydrogen) atoms. The van der Waals surface area contributed by atoms with Crippen LogP contribution in [0.1, 0.15) is 6.92 Å². The van der Waals surface area contributed by atoms with Crippen molar-refractivity contribution in [3.8, 4) is 0 Å². The van der Waals surface area contributed by atoms with Gasteiger partial charge in [0.25, 0.3) is 0 Å². The Bertz CT molecular complexity index is 628. The van der Waals surface area contributed by atoms with Gasteiger partial charge in [0.2, 0.25) is 0 Å². The molecule has 0 unspecified atom stereocenters. The fraction of sp³-hybridized carbons (Fsp3) is 0.267. The molecule has 3 nitrogen and oxygen atoms in total. The van der Waals surface area contributed by atoms with Crippen LogP contribution in [0.15, 0.2) is 47.4 Å². The number of hydrogen-bond acceptors (Lipinski definition) is 3. The number of thioether (sulfide) groups is 1. The second kappa shape index (κ2) is 4.78. The highest BCUT2D eigenvalue weighted by Gasteiger charge is 2.34. The van der Waals surface area contributed by atoms with Crippen LogP contribution in [-0.2, 0) is 4.74 Å². The van der Waals surface area contributed by atoms with Crippen molar-refractivity contribution in [3.63, 3.8) is 0 Å². The lowest BCUT2D eigenvalue weighted by molar-refractivity contribution is 0.174. The fourth-order valence-electron chi connectivity index (χ4n) is 2.12. The van der Waals surface area contributed by atoms with Crippen molar-refractivity contribution in [1.29, 1.82) is 0 Å². The van der Waals surface area contributed by atoms with Gasteiger partial charge in [-0.05, 0) is 29.8 Å². The standard InChI is InChI=1S/C15H15NO2S/c1-15(9-18-14(17)16-15)10-19-13-7-6-11-4-2-3-5-12(11)8-13/h2-8H,9-10H2,1H3,(H,16,17)/t15-/m1/s1. The largest absolute Gasteiger partial charge is 0.447 e. The van der Waals surface area contributed by atoms with Crippen LogP contribution in [0.25, 0.3) is 10.8 Å². The molecule has 0 bridgehead atoms. The molecule has 1 aliphatic heterocycles. The van der Waals surface area contributed by atoms with E-state index in [0.29, 0.717) is 6.61 Å². The number of ether oxygens (including phenoxy) is 1. The summed E-state index contributed by atoms with van der Waals surface area (Å²) in [6.45, 7) is 2.44. The molecule has 3 rings (SSSR count). The first-order valence-corrected chi connectivity index (χ1v) is 7.20. The molecule has 4 heteroatoms. The van der Waals surface area contributed by atoms with Crippen LogP contribution in [0.4, 0.5) is 4.79 Å². The Hall–Kier alpha value is -1.68. The summed E-state index contributed by atoms with van der Waals surface area (Å²) in [4.78, 5) is 12.3. The molecule has 0 saturated carbocycles. The third-order valence-electron chi connectivity index (χ3n) is 3.20. The lowest BCUT2D eigenvalue weighted by Crippen LogP contribution is -2.42. The van der Waals surface area contributed by atoms with E-state index in [-0.39, 0.29) is 11.6 Å². The summed E-state index contributed by atoms with van der Waals surface area (Å²) < 4.78 is 4.96.